The number of halogens is 1. The molecule has 3 aromatic rings. The molecule has 2 amide bonds. The van der Waals surface area contributed by atoms with Crippen molar-refractivity contribution in [2.24, 2.45) is 0 Å². The average Bonchev–Trinajstić information content (AvgIpc) is 2.88. The minimum absolute atomic E-state index is 0.0822. The van der Waals surface area contributed by atoms with E-state index in [1.54, 1.807) is 31.2 Å². The molecule has 202 valence electrons. The summed E-state index contributed by atoms with van der Waals surface area (Å²) < 4.78 is 29.8. The average molecular weight is 601 g/mol. The van der Waals surface area contributed by atoms with E-state index >= 15 is 0 Å². The summed E-state index contributed by atoms with van der Waals surface area (Å²) in [5.74, 6) is -0.797. The van der Waals surface area contributed by atoms with E-state index in [-0.39, 0.29) is 23.4 Å². The lowest BCUT2D eigenvalue weighted by atomic mass is 10.1. The second-order valence-electron chi connectivity index (χ2n) is 9.60. The Morgan fingerprint density at radius 3 is 2.16 bits per heavy atom. The van der Waals surface area contributed by atoms with Crippen LogP contribution in [0.3, 0.4) is 0 Å². The van der Waals surface area contributed by atoms with Gasteiger partial charge in [-0.2, -0.15) is 0 Å². The fourth-order valence-electron chi connectivity index (χ4n) is 4.00. The molecule has 7 nitrogen and oxygen atoms in total. The van der Waals surface area contributed by atoms with Crippen molar-refractivity contribution < 1.29 is 18.0 Å². The van der Waals surface area contributed by atoms with Gasteiger partial charge in [-0.3, -0.25) is 13.9 Å². The van der Waals surface area contributed by atoms with Crippen LogP contribution in [0.2, 0.25) is 0 Å². The maximum absolute atomic E-state index is 13.9. The highest BCUT2D eigenvalue weighted by molar-refractivity contribution is 9.10. The lowest BCUT2D eigenvalue weighted by Gasteiger charge is -2.33. The number of anilines is 1. The molecular weight excluding hydrogens is 566 g/mol. The lowest BCUT2D eigenvalue weighted by Crippen LogP contribution is -2.52. The molecule has 3 rings (SSSR count). The molecule has 0 saturated carbocycles. The fraction of sp³-hybridized carbons (Fsp3) is 0.310. The van der Waals surface area contributed by atoms with Crippen LogP contribution in [0.5, 0.6) is 0 Å². The van der Waals surface area contributed by atoms with E-state index in [9.17, 15) is 18.0 Å². The molecule has 0 aliphatic heterocycles. The number of nitrogens with one attached hydrogen (secondary N) is 1. The Bertz CT molecular complexity index is 1380. The number of carbonyl (C=O) groups excluding carboxylic acids is 2. The van der Waals surface area contributed by atoms with Crippen molar-refractivity contribution in [3.8, 4) is 0 Å². The van der Waals surface area contributed by atoms with Gasteiger partial charge >= 0.3 is 0 Å². The molecule has 0 aromatic heterocycles. The van der Waals surface area contributed by atoms with Crippen LogP contribution < -0.4 is 9.62 Å². The normalized spacial score (nSPS) is 12.2. The summed E-state index contributed by atoms with van der Waals surface area (Å²) in [5, 5.41) is 2.86. The van der Waals surface area contributed by atoms with Gasteiger partial charge in [-0.25, -0.2) is 8.42 Å². The largest absolute Gasteiger partial charge is 0.352 e. The van der Waals surface area contributed by atoms with Crippen molar-refractivity contribution in [2.75, 3.05) is 10.8 Å². The number of carbonyl (C=O) groups is 2. The number of aryl methyl sites for hydroxylation is 2. The minimum Gasteiger partial charge on any atom is -0.352 e. The van der Waals surface area contributed by atoms with E-state index in [0.717, 1.165) is 19.9 Å². The highest BCUT2D eigenvalue weighted by Crippen LogP contribution is 2.28. The van der Waals surface area contributed by atoms with E-state index in [2.05, 4.69) is 21.2 Å². The van der Waals surface area contributed by atoms with Gasteiger partial charge in [-0.15, -0.1) is 0 Å². The van der Waals surface area contributed by atoms with Gasteiger partial charge in [0.05, 0.1) is 10.6 Å². The van der Waals surface area contributed by atoms with Crippen LogP contribution in [0.15, 0.2) is 82.2 Å². The second kappa shape index (κ2) is 12.6. The Labute approximate surface area is 234 Å². The number of sulfonamides is 1. The van der Waals surface area contributed by atoms with Crippen molar-refractivity contribution in [3.05, 3.63) is 94.0 Å². The van der Waals surface area contributed by atoms with Crippen LogP contribution >= 0.6 is 15.9 Å². The number of nitrogens with zero attached hydrogens (tertiary/aromatic N) is 2. The Morgan fingerprint density at radius 2 is 1.55 bits per heavy atom. The van der Waals surface area contributed by atoms with E-state index in [4.69, 9.17) is 0 Å². The summed E-state index contributed by atoms with van der Waals surface area (Å²) in [6.45, 7) is 8.71. The van der Waals surface area contributed by atoms with Gasteiger partial charge in [0.1, 0.15) is 12.6 Å². The third kappa shape index (κ3) is 7.23. The van der Waals surface area contributed by atoms with Gasteiger partial charge in [0.15, 0.2) is 0 Å². The summed E-state index contributed by atoms with van der Waals surface area (Å²) in [7, 11) is -4.09. The number of amides is 2. The first-order valence-electron chi connectivity index (χ1n) is 12.4. The molecule has 0 heterocycles. The zero-order chi connectivity index (χ0) is 28.0. The van der Waals surface area contributed by atoms with Crippen LogP contribution in [0.25, 0.3) is 0 Å². The molecular formula is C29H34BrN3O4S. The molecule has 1 N–H and O–H groups in total. The standard InChI is InChI=1S/C29H34BrN3O4S/c1-20(2)31-29(35)23(5)32(18-24-13-15-25(30)16-14-24)28(34)19-33(27-17-21(3)11-12-22(27)4)38(36,37)26-9-7-6-8-10-26/h6-17,20,23H,18-19H2,1-5H3,(H,31,35)/t23-/m0/s1. The first-order chi connectivity index (χ1) is 17.9. The molecule has 0 radical (unpaired) electrons. The number of benzene rings is 3. The third-order valence-corrected chi connectivity index (χ3v) is 8.41. The molecule has 38 heavy (non-hydrogen) atoms. The van der Waals surface area contributed by atoms with Gasteiger partial charge < -0.3 is 10.2 Å². The van der Waals surface area contributed by atoms with Crippen molar-refractivity contribution in [2.45, 2.75) is 58.1 Å². The van der Waals surface area contributed by atoms with Crippen molar-refractivity contribution >= 4 is 43.5 Å². The van der Waals surface area contributed by atoms with Crippen molar-refractivity contribution in [1.29, 1.82) is 0 Å². The van der Waals surface area contributed by atoms with E-state index in [0.29, 0.717) is 11.3 Å². The molecule has 0 aliphatic carbocycles. The number of rotatable bonds is 10. The minimum atomic E-state index is -4.09. The molecule has 0 unspecified atom stereocenters. The molecule has 9 heteroatoms. The summed E-state index contributed by atoms with van der Waals surface area (Å²) in [5.41, 5.74) is 2.82. The topological polar surface area (TPSA) is 86.8 Å². The number of hydrogen-bond donors (Lipinski definition) is 1. The Morgan fingerprint density at radius 1 is 0.921 bits per heavy atom. The zero-order valence-electron chi connectivity index (χ0n) is 22.3. The second-order valence-corrected chi connectivity index (χ2v) is 12.4. The molecule has 0 saturated heterocycles. The van der Waals surface area contributed by atoms with E-state index in [1.807, 2.05) is 64.1 Å². The summed E-state index contributed by atoms with van der Waals surface area (Å²) in [6.07, 6.45) is 0. The van der Waals surface area contributed by atoms with Gasteiger partial charge in [0.25, 0.3) is 10.0 Å². The SMILES string of the molecule is Cc1ccc(C)c(N(CC(=O)N(Cc2ccc(Br)cc2)[C@@H](C)C(=O)NC(C)C)S(=O)(=O)c2ccccc2)c1. The van der Waals surface area contributed by atoms with Crippen LogP contribution in [0.4, 0.5) is 5.69 Å². The smallest absolute Gasteiger partial charge is 0.264 e. The van der Waals surface area contributed by atoms with E-state index < -0.39 is 28.5 Å². The van der Waals surface area contributed by atoms with Crippen LogP contribution in [0.1, 0.15) is 37.5 Å². The predicted molar refractivity (Wildman–Crippen MR) is 154 cm³/mol. The fourth-order valence-corrected chi connectivity index (χ4v) is 5.75. The Hall–Kier alpha value is -3.17. The molecule has 0 fully saturated rings. The summed E-state index contributed by atoms with van der Waals surface area (Å²) in [6, 6.07) is 20.0. The highest BCUT2D eigenvalue weighted by Gasteiger charge is 2.33. The van der Waals surface area contributed by atoms with Gasteiger partial charge in [0.2, 0.25) is 11.8 Å². The van der Waals surface area contributed by atoms with Gasteiger partial charge in [-0.1, -0.05) is 58.4 Å². The first-order valence-corrected chi connectivity index (χ1v) is 14.6. The Balaban J connectivity index is 2.06. The lowest BCUT2D eigenvalue weighted by molar-refractivity contribution is -0.139. The van der Waals surface area contributed by atoms with Crippen LogP contribution in [-0.2, 0) is 26.2 Å². The monoisotopic (exact) mass is 599 g/mol. The predicted octanol–water partition coefficient (Wildman–Crippen LogP) is 5.20. The maximum Gasteiger partial charge on any atom is 0.264 e. The molecule has 0 aliphatic rings. The summed E-state index contributed by atoms with van der Waals surface area (Å²) >= 11 is 3.42. The Kier molecular flexibility index (Phi) is 9.73. The van der Waals surface area contributed by atoms with Gasteiger partial charge in [-0.05, 0) is 81.6 Å². The molecule has 0 bridgehead atoms. The van der Waals surface area contributed by atoms with Crippen molar-refractivity contribution in [3.63, 3.8) is 0 Å². The van der Waals surface area contributed by atoms with E-state index in [1.165, 1.54) is 17.0 Å². The summed E-state index contributed by atoms with van der Waals surface area (Å²) in [4.78, 5) is 28.4. The molecule has 1 atom stereocenters. The zero-order valence-corrected chi connectivity index (χ0v) is 24.7. The molecule has 0 spiro atoms. The highest BCUT2D eigenvalue weighted by atomic mass is 79.9. The quantitative estimate of drug-likeness (QED) is 0.347. The first kappa shape index (κ1) is 29.4. The molecule has 3 aromatic carbocycles. The maximum atomic E-state index is 13.9. The number of hydrogen-bond acceptors (Lipinski definition) is 4. The third-order valence-electron chi connectivity index (χ3n) is 6.11. The van der Waals surface area contributed by atoms with Crippen LogP contribution in [0, 0.1) is 13.8 Å². The van der Waals surface area contributed by atoms with Gasteiger partial charge in [0, 0.05) is 17.1 Å². The van der Waals surface area contributed by atoms with Crippen LogP contribution in [-0.4, -0.2) is 43.8 Å². The van der Waals surface area contributed by atoms with Crippen molar-refractivity contribution in [1.82, 2.24) is 10.2 Å².